The van der Waals surface area contributed by atoms with Crippen LogP contribution in [0.4, 0.5) is 0 Å². The van der Waals surface area contributed by atoms with E-state index in [9.17, 15) is 0 Å². The first-order valence-electron chi connectivity index (χ1n) is 15.3. The maximum atomic E-state index is 2.33. The molecule has 0 aliphatic heterocycles. The van der Waals surface area contributed by atoms with Gasteiger partial charge in [-0.15, -0.1) is 0 Å². The standard InChI is InChI=1S/C44H28/c1-2-7-35-27-39(21-18-29(35)6-1)38-12-4-10-36(26-38)30-14-16-31(17-15-30)37-11-5-13-40(28-37)41-24-22-34-20-19-32-8-3-9-33-23-25-42(41)44(34)43(32)33/h1-28H. The average molecular weight is 557 g/mol. The molecule has 0 N–H and O–H groups in total. The minimum Gasteiger partial charge on any atom is -0.0616 e. The predicted octanol–water partition coefficient (Wildman–Crippen LogP) is 12.4. The molecule has 44 heavy (non-hydrogen) atoms. The maximum absolute atomic E-state index is 2.33. The van der Waals surface area contributed by atoms with Crippen LogP contribution in [-0.2, 0) is 0 Å². The van der Waals surface area contributed by atoms with Gasteiger partial charge in [-0.05, 0) is 106 Å². The van der Waals surface area contributed by atoms with Crippen molar-refractivity contribution in [2.75, 3.05) is 0 Å². The molecular weight excluding hydrogens is 528 g/mol. The van der Waals surface area contributed by atoms with Crippen molar-refractivity contribution in [3.05, 3.63) is 170 Å². The molecule has 0 aliphatic rings. The largest absolute Gasteiger partial charge is 0.0616 e. The molecule has 0 unspecified atom stereocenters. The molecule has 9 aromatic rings. The van der Waals surface area contributed by atoms with E-state index < -0.39 is 0 Å². The van der Waals surface area contributed by atoms with Crippen molar-refractivity contribution >= 4 is 43.1 Å². The second kappa shape index (κ2) is 9.93. The molecule has 0 spiro atoms. The Balaban J connectivity index is 1.06. The second-order valence-corrected chi connectivity index (χ2v) is 11.8. The number of benzene rings is 9. The van der Waals surface area contributed by atoms with E-state index in [2.05, 4.69) is 170 Å². The van der Waals surface area contributed by atoms with Gasteiger partial charge < -0.3 is 0 Å². The van der Waals surface area contributed by atoms with E-state index in [0.29, 0.717) is 0 Å². The number of rotatable bonds is 4. The Labute approximate surface area is 256 Å². The fourth-order valence-electron chi connectivity index (χ4n) is 6.96. The molecule has 0 aliphatic carbocycles. The van der Waals surface area contributed by atoms with Crippen LogP contribution in [-0.4, -0.2) is 0 Å². The number of hydrogen-bond donors (Lipinski definition) is 0. The summed E-state index contributed by atoms with van der Waals surface area (Å²) in [6.45, 7) is 0. The lowest BCUT2D eigenvalue weighted by atomic mass is 9.89. The smallest absolute Gasteiger partial charge is 0.00206 e. The van der Waals surface area contributed by atoms with E-state index in [0.717, 1.165) is 0 Å². The third-order valence-electron chi connectivity index (χ3n) is 9.20. The topological polar surface area (TPSA) is 0 Å². The Kier molecular flexibility index (Phi) is 5.61. The van der Waals surface area contributed by atoms with E-state index in [1.165, 1.54) is 87.6 Å². The Morgan fingerprint density at radius 3 is 1.41 bits per heavy atom. The fourth-order valence-corrected chi connectivity index (χ4v) is 6.96. The Morgan fingerprint density at radius 1 is 0.227 bits per heavy atom. The minimum absolute atomic E-state index is 1.22. The van der Waals surface area contributed by atoms with Gasteiger partial charge >= 0.3 is 0 Å². The summed E-state index contributed by atoms with van der Waals surface area (Å²) >= 11 is 0. The quantitative estimate of drug-likeness (QED) is 0.189. The fraction of sp³-hybridized carbons (Fsp3) is 0. The number of hydrogen-bond acceptors (Lipinski definition) is 0. The molecule has 0 saturated heterocycles. The predicted molar refractivity (Wildman–Crippen MR) is 189 cm³/mol. The van der Waals surface area contributed by atoms with E-state index in [-0.39, 0.29) is 0 Å². The van der Waals surface area contributed by atoms with Crippen LogP contribution < -0.4 is 0 Å². The first kappa shape index (κ1) is 24.8. The summed E-state index contributed by atoms with van der Waals surface area (Å²) in [6, 6.07) is 62.3. The SMILES string of the molecule is c1cc(-c2ccc(-c3cccc(-c4ccc5ccc6cccc7ccc4c5c67)c3)cc2)cc(-c2ccc3ccccc3c2)c1. The van der Waals surface area contributed by atoms with Crippen molar-refractivity contribution < 1.29 is 0 Å². The van der Waals surface area contributed by atoms with Gasteiger partial charge in [0.1, 0.15) is 0 Å². The molecular formula is C44H28. The van der Waals surface area contributed by atoms with Crippen LogP contribution in [0.1, 0.15) is 0 Å². The molecule has 9 aromatic carbocycles. The molecule has 0 radical (unpaired) electrons. The zero-order valence-electron chi connectivity index (χ0n) is 24.2. The van der Waals surface area contributed by atoms with Gasteiger partial charge in [0.25, 0.3) is 0 Å². The summed E-state index contributed by atoms with van der Waals surface area (Å²) in [7, 11) is 0. The van der Waals surface area contributed by atoms with Gasteiger partial charge in [0.2, 0.25) is 0 Å². The van der Waals surface area contributed by atoms with Crippen molar-refractivity contribution in [2.45, 2.75) is 0 Å². The molecule has 0 fully saturated rings. The van der Waals surface area contributed by atoms with Crippen molar-refractivity contribution in [1.29, 1.82) is 0 Å². The molecule has 0 heteroatoms. The molecule has 204 valence electrons. The minimum atomic E-state index is 1.22. The lowest BCUT2D eigenvalue weighted by molar-refractivity contribution is 1.58. The molecule has 0 atom stereocenters. The lowest BCUT2D eigenvalue weighted by Gasteiger charge is -2.15. The monoisotopic (exact) mass is 556 g/mol. The third-order valence-corrected chi connectivity index (χ3v) is 9.20. The van der Waals surface area contributed by atoms with Crippen LogP contribution in [0.15, 0.2) is 170 Å². The zero-order valence-corrected chi connectivity index (χ0v) is 24.2. The zero-order chi connectivity index (χ0) is 29.0. The van der Waals surface area contributed by atoms with Crippen LogP contribution in [0.5, 0.6) is 0 Å². The summed E-state index contributed by atoms with van der Waals surface area (Å²) in [5, 5.41) is 10.5. The highest BCUT2D eigenvalue weighted by molar-refractivity contribution is 6.25. The van der Waals surface area contributed by atoms with Gasteiger partial charge in [0.15, 0.2) is 0 Å². The summed E-state index contributed by atoms with van der Waals surface area (Å²) in [5.74, 6) is 0. The number of fused-ring (bicyclic) bond motifs is 1. The second-order valence-electron chi connectivity index (χ2n) is 11.8. The molecule has 0 saturated carbocycles. The highest BCUT2D eigenvalue weighted by Crippen LogP contribution is 2.40. The van der Waals surface area contributed by atoms with E-state index in [4.69, 9.17) is 0 Å². The van der Waals surface area contributed by atoms with E-state index in [1.54, 1.807) is 0 Å². The van der Waals surface area contributed by atoms with Crippen LogP contribution in [0.3, 0.4) is 0 Å². The van der Waals surface area contributed by atoms with Gasteiger partial charge in [-0.25, -0.2) is 0 Å². The van der Waals surface area contributed by atoms with Gasteiger partial charge in [0, 0.05) is 0 Å². The summed E-state index contributed by atoms with van der Waals surface area (Å²) in [5.41, 5.74) is 9.89. The highest BCUT2D eigenvalue weighted by Gasteiger charge is 2.12. The molecule has 0 heterocycles. The Morgan fingerprint density at radius 2 is 0.682 bits per heavy atom. The Bertz CT molecular complexity index is 2460. The average Bonchev–Trinajstić information content (AvgIpc) is 3.10. The molecule has 0 bridgehead atoms. The highest BCUT2D eigenvalue weighted by atomic mass is 14.2. The molecule has 0 aromatic heterocycles. The van der Waals surface area contributed by atoms with Crippen LogP contribution in [0, 0.1) is 0 Å². The molecule has 9 rings (SSSR count). The third kappa shape index (κ3) is 4.07. The van der Waals surface area contributed by atoms with Gasteiger partial charge in [0.05, 0.1) is 0 Å². The first-order valence-corrected chi connectivity index (χ1v) is 15.3. The molecule has 0 nitrogen and oxygen atoms in total. The first-order chi connectivity index (χ1) is 21.8. The molecule has 0 amide bonds. The van der Waals surface area contributed by atoms with Gasteiger partial charge in [-0.1, -0.05) is 152 Å². The Hall–Kier alpha value is -5.72. The van der Waals surface area contributed by atoms with Crippen molar-refractivity contribution in [2.24, 2.45) is 0 Å². The van der Waals surface area contributed by atoms with Gasteiger partial charge in [-0.3, -0.25) is 0 Å². The van der Waals surface area contributed by atoms with Crippen LogP contribution in [0.2, 0.25) is 0 Å². The maximum Gasteiger partial charge on any atom is -0.00206 e. The summed E-state index contributed by atoms with van der Waals surface area (Å²) in [6.07, 6.45) is 0. The van der Waals surface area contributed by atoms with E-state index >= 15 is 0 Å². The van der Waals surface area contributed by atoms with Crippen molar-refractivity contribution in [3.63, 3.8) is 0 Å². The van der Waals surface area contributed by atoms with Crippen LogP contribution in [0.25, 0.3) is 87.6 Å². The lowest BCUT2D eigenvalue weighted by Crippen LogP contribution is -1.88. The summed E-state index contributed by atoms with van der Waals surface area (Å²) < 4.78 is 0. The van der Waals surface area contributed by atoms with Crippen molar-refractivity contribution in [3.8, 4) is 44.5 Å². The van der Waals surface area contributed by atoms with E-state index in [1.807, 2.05) is 0 Å². The normalized spacial score (nSPS) is 11.6. The van der Waals surface area contributed by atoms with Crippen LogP contribution >= 0.6 is 0 Å². The summed E-state index contributed by atoms with van der Waals surface area (Å²) in [4.78, 5) is 0. The van der Waals surface area contributed by atoms with Gasteiger partial charge in [-0.2, -0.15) is 0 Å². The van der Waals surface area contributed by atoms with Crippen molar-refractivity contribution in [1.82, 2.24) is 0 Å².